The van der Waals surface area contributed by atoms with Gasteiger partial charge in [0.1, 0.15) is 5.75 Å². The van der Waals surface area contributed by atoms with Crippen molar-refractivity contribution in [2.45, 2.75) is 34.2 Å². The van der Waals surface area contributed by atoms with Crippen molar-refractivity contribution >= 4 is 5.91 Å². The summed E-state index contributed by atoms with van der Waals surface area (Å²) in [7, 11) is 0. The topological polar surface area (TPSA) is 73.2 Å². The minimum absolute atomic E-state index is 0.0526. The number of nitrogens with one attached hydrogen (secondary N) is 1. The zero-order chi connectivity index (χ0) is 17.7. The number of hydrogen-bond donors (Lipinski definition) is 1. The molecule has 2 rings (SSSR count). The van der Waals surface area contributed by atoms with Crippen molar-refractivity contribution in [2.75, 3.05) is 13.2 Å². The zero-order valence-electron chi connectivity index (χ0n) is 14.5. The Morgan fingerprint density at radius 2 is 1.83 bits per heavy atom. The highest BCUT2D eigenvalue weighted by Gasteiger charge is 2.06. The summed E-state index contributed by atoms with van der Waals surface area (Å²) in [5.41, 5.74) is 3.45. The van der Waals surface area contributed by atoms with Crippen LogP contribution in [0.1, 0.15) is 22.4 Å². The first-order chi connectivity index (χ1) is 11.4. The minimum atomic E-state index is -0.223. The van der Waals surface area contributed by atoms with E-state index in [1.807, 2.05) is 32.0 Å². The Kier molecular flexibility index (Phi) is 5.73. The number of hydrogen-bond acceptors (Lipinski definition) is 4. The van der Waals surface area contributed by atoms with Crippen LogP contribution in [0.3, 0.4) is 0 Å². The molecule has 0 spiro atoms. The van der Waals surface area contributed by atoms with Gasteiger partial charge in [-0.05, 0) is 51.0 Å². The van der Waals surface area contributed by atoms with E-state index < -0.39 is 0 Å². The average molecular weight is 329 g/mol. The summed E-state index contributed by atoms with van der Waals surface area (Å²) in [6.07, 6.45) is 1.50. The van der Waals surface area contributed by atoms with Crippen LogP contribution < -0.4 is 15.6 Å². The largest absolute Gasteiger partial charge is 0.484 e. The van der Waals surface area contributed by atoms with Crippen LogP contribution in [0.4, 0.5) is 0 Å². The molecule has 0 bridgehead atoms. The predicted molar refractivity (Wildman–Crippen MR) is 92.4 cm³/mol. The third-order valence-electron chi connectivity index (χ3n) is 3.76. The maximum atomic E-state index is 12.0. The molecule has 2 aromatic rings. The maximum absolute atomic E-state index is 12.0. The lowest BCUT2D eigenvalue weighted by atomic mass is 10.1. The van der Waals surface area contributed by atoms with Crippen LogP contribution in [0.2, 0.25) is 0 Å². The molecule has 128 valence electrons. The molecular weight excluding hydrogens is 306 g/mol. The zero-order valence-corrected chi connectivity index (χ0v) is 14.5. The fourth-order valence-electron chi connectivity index (χ4n) is 2.37. The van der Waals surface area contributed by atoms with Gasteiger partial charge in [0.25, 0.3) is 11.5 Å². The molecule has 0 saturated carbocycles. The number of aryl methyl sites for hydroxylation is 3. The Morgan fingerprint density at radius 3 is 2.50 bits per heavy atom. The molecule has 1 aromatic heterocycles. The minimum Gasteiger partial charge on any atom is -0.484 e. The van der Waals surface area contributed by atoms with Gasteiger partial charge in [-0.15, -0.1) is 0 Å². The number of carbonyl (C=O) groups is 1. The van der Waals surface area contributed by atoms with Gasteiger partial charge >= 0.3 is 0 Å². The van der Waals surface area contributed by atoms with Crippen LogP contribution in [0.15, 0.2) is 29.3 Å². The van der Waals surface area contributed by atoms with Crippen molar-refractivity contribution in [2.24, 2.45) is 0 Å². The maximum Gasteiger partial charge on any atom is 0.258 e. The normalized spacial score (nSPS) is 10.5. The summed E-state index contributed by atoms with van der Waals surface area (Å²) >= 11 is 0. The number of nitrogens with zero attached hydrogens (tertiary/aromatic N) is 2. The molecule has 1 aromatic carbocycles. The first-order valence-corrected chi connectivity index (χ1v) is 7.87. The number of rotatable bonds is 6. The number of aromatic nitrogens is 2. The first-order valence-electron chi connectivity index (χ1n) is 7.87. The van der Waals surface area contributed by atoms with Gasteiger partial charge in [0.2, 0.25) is 0 Å². The Hall–Kier alpha value is -2.63. The summed E-state index contributed by atoms with van der Waals surface area (Å²) in [4.78, 5) is 28.0. The predicted octanol–water partition coefficient (Wildman–Crippen LogP) is 1.67. The summed E-state index contributed by atoms with van der Waals surface area (Å²) < 4.78 is 6.99. The molecule has 0 fully saturated rings. The number of benzene rings is 1. The fourth-order valence-corrected chi connectivity index (χ4v) is 2.37. The monoisotopic (exact) mass is 329 g/mol. The first kappa shape index (κ1) is 17.7. The van der Waals surface area contributed by atoms with Gasteiger partial charge in [-0.3, -0.25) is 14.2 Å². The van der Waals surface area contributed by atoms with Crippen LogP contribution in [0, 0.1) is 27.7 Å². The van der Waals surface area contributed by atoms with Gasteiger partial charge < -0.3 is 10.1 Å². The average Bonchev–Trinajstić information content (AvgIpc) is 2.52. The van der Waals surface area contributed by atoms with Gasteiger partial charge in [-0.25, -0.2) is 4.98 Å². The van der Waals surface area contributed by atoms with Crippen molar-refractivity contribution in [1.29, 1.82) is 0 Å². The van der Waals surface area contributed by atoms with Gasteiger partial charge in [-0.1, -0.05) is 6.07 Å². The van der Waals surface area contributed by atoms with E-state index in [-0.39, 0.29) is 18.1 Å². The Morgan fingerprint density at radius 1 is 1.17 bits per heavy atom. The van der Waals surface area contributed by atoms with Crippen LogP contribution in [0.25, 0.3) is 0 Å². The van der Waals surface area contributed by atoms with E-state index in [1.165, 1.54) is 10.9 Å². The molecule has 0 aliphatic rings. The molecule has 0 aliphatic heterocycles. The molecule has 0 aliphatic carbocycles. The molecule has 6 nitrogen and oxygen atoms in total. The van der Waals surface area contributed by atoms with Gasteiger partial charge in [0.15, 0.2) is 6.61 Å². The van der Waals surface area contributed by atoms with E-state index in [1.54, 1.807) is 13.8 Å². The second-order valence-corrected chi connectivity index (χ2v) is 5.92. The summed E-state index contributed by atoms with van der Waals surface area (Å²) in [5.74, 6) is 0.455. The molecule has 1 N–H and O–H groups in total. The molecule has 0 saturated heterocycles. The highest BCUT2D eigenvalue weighted by molar-refractivity contribution is 5.77. The van der Waals surface area contributed by atoms with Gasteiger partial charge in [-0.2, -0.15) is 0 Å². The summed E-state index contributed by atoms with van der Waals surface area (Å²) in [6.45, 7) is 8.18. The summed E-state index contributed by atoms with van der Waals surface area (Å²) in [6, 6.07) is 5.82. The Bertz CT molecular complexity index is 776. The molecule has 0 atom stereocenters. The lowest BCUT2D eigenvalue weighted by molar-refractivity contribution is -0.123. The van der Waals surface area contributed by atoms with Crippen molar-refractivity contribution in [1.82, 2.24) is 14.9 Å². The van der Waals surface area contributed by atoms with Crippen LogP contribution in [-0.4, -0.2) is 28.6 Å². The number of amides is 1. The second-order valence-electron chi connectivity index (χ2n) is 5.92. The molecule has 1 heterocycles. The van der Waals surface area contributed by atoms with E-state index in [4.69, 9.17) is 4.74 Å². The van der Waals surface area contributed by atoms with Crippen LogP contribution in [0.5, 0.6) is 5.75 Å². The van der Waals surface area contributed by atoms with Crippen LogP contribution in [-0.2, 0) is 11.3 Å². The third kappa shape index (κ3) is 4.68. The van der Waals surface area contributed by atoms with E-state index >= 15 is 0 Å². The van der Waals surface area contributed by atoms with Crippen LogP contribution >= 0.6 is 0 Å². The lowest BCUT2D eigenvalue weighted by Crippen LogP contribution is -2.34. The molecule has 24 heavy (non-hydrogen) atoms. The molecule has 0 unspecified atom stereocenters. The fraction of sp³-hybridized carbons (Fsp3) is 0.389. The quantitative estimate of drug-likeness (QED) is 0.875. The van der Waals surface area contributed by atoms with E-state index in [2.05, 4.69) is 10.3 Å². The third-order valence-corrected chi connectivity index (χ3v) is 3.76. The number of ether oxygens (including phenoxy) is 1. The number of carbonyl (C=O) groups excluding carboxylic acids is 1. The Balaban J connectivity index is 1.81. The van der Waals surface area contributed by atoms with E-state index in [9.17, 15) is 9.59 Å². The smallest absolute Gasteiger partial charge is 0.258 e. The molecule has 6 heteroatoms. The SMILES string of the molecule is Cc1cc(C)cc(OCC(=O)NCCn2cnc(C)c(C)c2=O)c1. The van der Waals surface area contributed by atoms with Crippen molar-refractivity contribution in [3.63, 3.8) is 0 Å². The standard InChI is InChI=1S/C18H23N3O3/c1-12-7-13(2)9-16(8-12)24-10-17(22)19-5-6-21-11-20-15(4)14(3)18(21)23/h7-9,11H,5-6,10H2,1-4H3,(H,19,22). The van der Waals surface area contributed by atoms with Crippen molar-refractivity contribution in [3.8, 4) is 5.75 Å². The van der Waals surface area contributed by atoms with Gasteiger partial charge in [0.05, 0.1) is 6.33 Å². The molecular formula is C18H23N3O3. The van der Waals surface area contributed by atoms with Gasteiger partial charge in [0, 0.05) is 24.3 Å². The van der Waals surface area contributed by atoms with Crippen molar-refractivity contribution in [3.05, 3.63) is 57.3 Å². The Labute approximate surface area is 141 Å². The second kappa shape index (κ2) is 7.77. The lowest BCUT2D eigenvalue weighted by Gasteiger charge is -2.10. The molecule has 0 radical (unpaired) electrons. The highest BCUT2D eigenvalue weighted by Crippen LogP contribution is 2.15. The van der Waals surface area contributed by atoms with E-state index in [0.717, 1.165) is 16.8 Å². The van der Waals surface area contributed by atoms with Crippen molar-refractivity contribution < 1.29 is 9.53 Å². The molecule has 1 amide bonds. The van der Waals surface area contributed by atoms with E-state index in [0.29, 0.717) is 24.4 Å². The summed E-state index contributed by atoms with van der Waals surface area (Å²) in [5, 5.41) is 2.74. The highest BCUT2D eigenvalue weighted by atomic mass is 16.5.